The van der Waals surface area contributed by atoms with E-state index >= 15 is 0 Å². The van der Waals surface area contributed by atoms with Crippen molar-refractivity contribution in [3.8, 4) is 11.4 Å². The SMILES string of the molecule is C=Cc1c(CCC)nc(-c2ccccc2)n1C(C)C. The Bertz CT molecular complexity index is 550. The molecule has 0 amide bonds. The fourth-order valence-electron chi connectivity index (χ4n) is 2.44. The van der Waals surface area contributed by atoms with Gasteiger partial charge in [0.1, 0.15) is 5.82 Å². The first kappa shape index (κ1) is 13.6. The summed E-state index contributed by atoms with van der Waals surface area (Å²) in [4.78, 5) is 4.85. The molecule has 0 atom stereocenters. The molecular formula is C17H22N2. The van der Waals surface area contributed by atoms with Crippen molar-refractivity contribution in [1.29, 1.82) is 0 Å². The normalized spacial score (nSPS) is 10.9. The van der Waals surface area contributed by atoms with E-state index in [-0.39, 0.29) is 0 Å². The molecule has 19 heavy (non-hydrogen) atoms. The van der Waals surface area contributed by atoms with Gasteiger partial charge in [0.15, 0.2) is 0 Å². The molecular weight excluding hydrogens is 232 g/mol. The number of rotatable bonds is 5. The van der Waals surface area contributed by atoms with Gasteiger partial charge in [-0.2, -0.15) is 0 Å². The van der Waals surface area contributed by atoms with Crippen LogP contribution in [0.25, 0.3) is 17.5 Å². The van der Waals surface area contributed by atoms with Crippen LogP contribution in [0.3, 0.4) is 0 Å². The minimum absolute atomic E-state index is 0.376. The highest BCUT2D eigenvalue weighted by atomic mass is 15.1. The van der Waals surface area contributed by atoms with Gasteiger partial charge in [-0.25, -0.2) is 4.98 Å². The third kappa shape index (κ3) is 2.62. The molecule has 100 valence electrons. The van der Waals surface area contributed by atoms with E-state index in [9.17, 15) is 0 Å². The molecule has 2 nitrogen and oxygen atoms in total. The lowest BCUT2D eigenvalue weighted by Gasteiger charge is -2.14. The lowest BCUT2D eigenvalue weighted by atomic mass is 10.2. The maximum absolute atomic E-state index is 4.85. The van der Waals surface area contributed by atoms with Gasteiger partial charge in [0.2, 0.25) is 0 Å². The molecule has 2 aromatic rings. The van der Waals surface area contributed by atoms with Gasteiger partial charge in [0, 0.05) is 11.6 Å². The summed E-state index contributed by atoms with van der Waals surface area (Å²) in [5, 5.41) is 0. The summed E-state index contributed by atoms with van der Waals surface area (Å²) in [6.45, 7) is 10.5. The first-order chi connectivity index (χ1) is 9.19. The van der Waals surface area contributed by atoms with Crippen LogP contribution in [-0.4, -0.2) is 9.55 Å². The van der Waals surface area contributed by atoms with Crippen molar-refractivity contribution in [3.05, 3.63) is 48.3 Å². The van der Waals surface area contributed by atoms with E-state index in [1.165, 1.54) is 5.56 Å². The summed E-state index contributed by atoms with van der Waals surface area (Å²) < 4.78 is 2.29. The van der Waals surface area contributed by atoms with Gasteiger partial charge in [-0.15, -0.1) is 0 Å². The predicted octanol–water partition coefficient (Wildman–Crippen LogP) is 4.73. The lowest BCUT2D eigenvalue weighted by molar-refractivity contribution is 0.601. The van der Waals surface area contributed by atoms with Crippen LogP contribution in [0, 0.1) is 0 Å². The Kier molecular flexibility index (Phi) is 4.20. The summed E-state index contributed by atoms with van der Waals surface area (Å²) in [6.07, 6.45) is 4.04. The first-order valence-electron chi connectivity index (χ1n) is 6.98. The van der Waals surface area contributed by atoms with Gasteiger partial charge in [-0.1, -0.05) is 50.3 Å². The standard InChI is InChI=1S/C17H22N2/c1-5-10-15-16(6-2)19(13(3)4)17(18-15)14-11-8-7-9-12-14/h6-9,11-13H,2,5,10H2,1,3-4H3. The van der Waals surface area contributed by atoms with Gasteiger partial charge >= 0.3 is 0 Å². The smallest absolute Gasteiger partial charge is 0.140 e. The number of aromatic nitrogens is 2. The maximum atomic E-state index is 4.85. The fraction of sp³-hybridized carbons (Fsp3) is 0.353. The van der Waals surface area contributed by atoms with Crippen molar-refractivity contribution >= 4 is 6.08 Å². The quantitative estimate of drug-likeness (QED) is 0.754. The van der Waals surface area contributed by atoms with Crippen molar-refractivity contribution < 1.29 is 0 Å². The number of aryl methyl sites for hydroxylation is 1. The number of hydrogen-bond acceptors (Lipinski definition) is 1. The lowest BCUT2D eigenvalue weighted by Crippen LogP contribution is -2.05. The summed E-state index contributed by atoms with van der Waals surface area (Å²) in [5.74, 6) is 1.05. The first-order valence-corrected chi connectivity index (χ1v) is 6.98. The van der Waals surface area contributed by atoms with Crippen LogP contribution in [0.5, 0.6) is 0 Å². The molecule has 0 radical (unpaired) electrons. The molecule has 0 aliphatic rings. The van der Waals surface area contributed by atoms with Crippen LogP contribution >= 0.6 is 0 Å². The third-order valence-corrected chi connectivity index (χ3v) is 3.25. The fourth-order valence-corrected chi connectivity index (χ4v) is 2.44. The van der Waals surface area contributed by atoms with E-state index in [0.29, 0.717) is 6.04 Å². The number of imidazole rings is 1. The monoisotopic (exact) mass is 254 g/mol. The molecule has 2 rings (SSSR count). The summed E-state index contributed by atoms with van der Waals surface area (Å²) >= 11 is 0. The molecule has 1 aromatic carbocycles. The van der Waals surface area contributed by atoms with Crippen LogP contribution in [0.2, 0.25) is 0 Å². The predicted molar refractivity (Wildman–Crippen MR) is 82.1 cm³/mol. The van der Waals surface area contributed by atoms with Crippen LogP contribution in [0.1, 0.15) is 44.6 Å². The second-order valence-electron chi connectivity index (χ2n) is 5.05. The number of hydrogen-bond donors (Lipinski definition) is 0. The Hall–Kier alpha value is -1.83. The molecule has 0 fully saturated rings. The number of nitrogens with zero attached hydrogens (tertiary/aromatic N) is 2. The molecule has 0 spiro atoms. The van der Waals surface area contributed by atoms with E-state index in [4.69, 9.17) is 4.98 Å². The topological polar surface area (TPSA) is 17.8 Å². The van der Waals surface area contributed by atoms with Crippen molar-refractivity contribution in [1.82, 2.24) is 9.55 Å². The third-order valence-electron chi connectivity index (χ3n) is 3.25. The van der Waals surface area contributed by atoms with Crippen molar-refractivity contribution in [2.45, 2.75) is 39.7 Å². The zero-order valence-electron chi connectivity index (χ0n) is 12.1. The van der Waals surface area contributed by atoms with Crippen LogP contribution in [-0.2, 0) is 6.42 Å². The zero-order valence-corrected chi connectivity index (χ0v) is 12.1. The second kappa shape index (κ2) is 5.87. The molecule has 0 saturated heterocycles. The van der Waals surface area contributed by atoms with Crippen LogP contribution in [0.4, 0.5) is 0 Å². The molecule has 0 N–H and O–H groups in total. The average molecular weight is 254 g/mol. The Morgan fingerprint density at radius 2 is 1.95 bits per heavy atom. The highest BCUT2D eigenvalue weighted by Crippen LogP contribution is 2.27. The van der Waals surface area contributed by atoms with Gasteiger partial charge in [-0.3, -0.25) is 0 Å². The Balaban J connectivity index is 2.63. The molecule has 1 heterocycles. The molecule has 0 aliphatic heterocycles. The Morgan fingerprint density at radius 1 is 1.26 bits per heavy atom. The average Bonchev–Trinajstić information content (AvgIpc) is 2.79. The number of benzene rings is 1. The second-order valence-corrected chi connectivity index (χ2v) is 5.05. The minimum Gasteiger partial charge on any atom is -0.322 e. The molecule has 0 saturated carbocycles. The molecule has 0 aliphatic carbocycles. The van der Waals surface area contributed by atoms with E-state index in [1.807, 2.05) is 12.1 Å². The molecule has 0 bridgehead atoms. The van der Waals surface area contributed by atoms with E-state index < -0.39 is 0 Å². The largest absolute Gasteiger partial charge is 0.322 e. The van der Waals surface area contributed by atoms with Gasteiger partial charge in [0.05, 0.1) is 11.4 Å². The Morgan fingerprint density at radius 3 is 2.47 bits per heavy atom. The van der Waals surface area contributed by atoms with Gasteiger partial charge in [-0.05, 0) is 26.3 Å². The highest BCUT2D eigenvalue weighted by Gasteiger charge is 2.17. The molecule has 1 aromatic heterocycles. The van der Waals surface area contributed by atoms with E-state index in [1.54, 1.807) is 0 Å². The van der Waals surface area contributed by atoms with Gasteiger partial charge in [0.25, 0.3) is 0 Å². The molecule has 2 heteroatoms. The molecule has 0 unspecified atom stereocenters. The van der Waals surface area contributed by atoms with E-state index in [2.05, 4.69) is 56.2 Å². The summed E-state index contributed by atoms with van der Waals surface area (Å²) in [6, 6.07) is 10.8. The van der Waals surface area contributed by atoms with Gasteiger partial charge < -0.3 is 4.57 Å². The van der Waals surface area contributed by atoms with E-state index in [0.717, 1.165) is 30.1 Å². The summed E-state index contributed by atoms with van der Waals surface area (Å²) in [5.41, 5.74) is 3.49. The van der Waals surface area contributed by atoms with Crippen molar-refractivity contribution in [2.24, 2.45) is 0 Å². The van der Waals surface area contributed by atoms with Crippen molar-refractivity contribution in [3.63, 3.8) is 0 Å². The highest BCUT2D eigenvalue weighted by molar-refractivity contribution is 5.61. The minimum atomic E-state index is 0.376. The Labute approximate surface area is 115 Å². The maximum Gasteiger partial charge on any atom is 0.140 e. The van der Waals surface area contributed by atoms with Crippen LogP contribution < -0.4 is 0 Å². The van der Waals surface area contributed by atoms with Crippen molar-refractivity contribution in [2.75, 3.05) is 0 Å². The van der Waals surface area contributed by atoms with Crippen LogP contribution in [0.15, 0.2) is 36.9 Å². The zero-order chi connectivity index (χ0) is 13.8. The summed E-state index contributed by atoms with van der Waals surface area (Å²) in [7, 11) is 0.